The maximum absolute atomic E-state index is 13.7. The average Bonchev–Trinajstić information content (AvgIpc) is 3.52. The van der Waals surface area contributed by atoms with Crippen LogP contribution in [0.5, 0.6) is 23.0 Å². The first-order valence-electron chi connectivity index (χ1n) is 13.6. The third-order valence-corrected chi connectivity index (χ3v) is 7.79. The van der Waals surface area contributed by atoms with Gasteiger partial charge in [-0.2, -0.15) is 0 Å². The number of benzene rings is 2. The molecule has 11 nitrogen and oxygen atoms in total. The van der Waals surface area contributed by atoms with Crippen LogP contribution in [-0.4, -0.2) is 60.8 Å². The van der Waals surface area contributed by atoms with Gasteiger partial charge in [0.1, 0.15) is 30.5 Å². The van der Waals surface area contributed by atoms with Crippen molar-refractivity contribution in [3.8, 4) is 23.0 Å². The van der Waals surface area contributed by atoms with Crippen molar-refractivity contribution >= 4 is 39.9 Å². The highest BCUT2D eigenvalue weighted by Gasteiger charge is 2.48. The van der Waals surface area contributed by atoms with Gasteiger partial charge in [0.05, 0.1) is 30.5 Å². The molecule has 3 aromatic rings. The molecule has 1 amide bonds. The number of aromatic nitrogens is 1. The van der Waals surface area contributed by atoms with Crippen LogP contribution in [0.1, 0.15) is 46.4 Å². The minimum atomic E-state index is -1.12. The molecule has 2 aliphatic rings. The van der Waals surface area contributed by atoms with Gasteiger partial charge in [0, 0.05) is 5.56 Å². The van der Waals surface area contributed by atoms with Crippen LogP contribution in [0.3, 0.4) is 0 Å². The van der Waals surface area contributed by atoms with Crippen molar-refractivity contribution in [3.05, 3.63) is 76.3 Å². The Hall–Kier alpha value is -4.84. The van der Waals surface area contributed by atoms with Gasteiger partial charge in [-0.1, -0.05) is 30.1 Å². The third kappa shape index (κ3) is 5.65. The number of esters is 1. The number of fused-ring (bicyclic) bond motifs is 1. The van der Waals surface area contributed by atoms with E-state index in [-0.39, 0.29) is 34.4 Å². The van der Waals surface area contributed by atoms with Crippen LogP contribution in [0.2, 0.25) is 0 Å². The minimum Gasteiger partial charge on any atom is -0.507 e. The summed E-state index contributed by atoms with van der Waals surface area (Å²) in [6.07, 6.45) is 1.60. The highest BCUT2D eigenvalue weighted by atomic mass is 32.1. The maximum atomic E-state index is 13.7. The Morgan fingerprint density at radius 2 is 1.86 bits per heavy atom. The van der Waals surface area contributed by atoms with Crippen molar-refractivity contribution in [2.75, 3.05) is 37.9 Å². The fourth-order valence-electron chi connectivity index (χ4n) is 4.79. The van der Waals surface area contributed by atoms with Gasteiger partial charge in [-0.3, -0.25) is 14.5 Å². The van der Waals surface area contributed by atoms with Crippen molar-refractivity contribution in [2.45, 2.75) is 26.8 Å². The summed E-state index contributed by atoms with van der Waals surface area (Å²) in [5.74, 6) is -1.13. The van der Waals surface area contributed by atoms with Gasteiger partial charge in [-0.05, 0) is 56.7 Å². The normalized spacial score (nSPS) is 17.1. The number of thiazole rings is 1. The second-order valence-corrected chi connectivity index (χ2v) is 10.4. The fraction of sp³-hybridized carbons (Fsp3) is 0.290. The van der Waals surface area contributed by atoms with Crippen LogP contribution in [0.15, 0.2) is 54.6 Å². The lowest BCUT2D eigenvalue weighted by Crippen LogP contribution is -2.29. The monoisotopic (exact) mass is 606 g/mol. The standard InChI is InChI=1S/C31H30N2O9S/c1-5-12-40-20-10-8-18(15-22(20)38-6-2)25-24(26(34)19-9-11-21-23(16-19)42-14-13-41-21)27(35)29(36)33(25)31-32-17(4)28(43-31)30(37)39-7-3/h5,8-11,15-16,25,34H,1,6-7,12-14H2,2-4H3/b26-24+/t25-/m1/s1. The van der Waals surface area contributed by atoms with Crippen molar-refractivity contribution in [1.29, 1.82) is 0 Å². The minimum absolute atomic E-state index is 0.0961. The van der Waals surface area contributed by atoms with E-state index in [1.165, 1.54) is 4.90 Å². The average molecular weight is 607 g/mol. The summed E-state index contributed by atoms with van der Waals surface area (Å²) < 4.78 is 28.0. The largest absolute Gasteiger partial charge is 0.507 e. The number of ether oxygens (including phenoxy) is 5. The number of Topliss-reactive ketones (excluding diaryl/α,β-unsaturated/α-hetero) is 1. The molecule has 1 aromatic heterocycles. The lowest BCUT2D eigenvalue weighted by atomic mass is 9.95. The summed E-state index contributed by atoms with van der Waals surface area (Å²) in [5.41, 5.74) is 0.868. The first-order valence-corrected chi connectivity index (χ1v) is 14.5. The summed E-state index contributed by atoms with van der Waals surface area (Å²) in [5, 5.41) is 11.7. The predicted octanol–water partition coefficient (Wildman–Crippen LogP) is 4.99. The van der Waals surface area contributed by atoms with Crippen LogP contribution < -0.4 is 23.8 Å². The summed E-state index contributed by atoms with van der Waals surface area (Å²) in [4.78, 5) is 45.8. The molecule has 3 heterocycles. The van der Waals surface area contributed by atoms with Crippen LogP contribution in [0.25, 0.3) is 5.76 Å². The van der Waals surface area contributed by atoms with E-state index in [4.69, 9.17) is 23.7 Å². The number of aryl methyl sites for hydroxylation is 1. The molecule has 1 N–H and O–H groups in total. The number of hydrogen-bond acceptors (Lipinski definition) is 11. The van der Waals surface area contributed by atoms with Crippen molar-refractivity contribution in [1.82, 2.24) is 4.98 Å². The van der Waals surface area contributed by atoms with E-state index >= 15 is 0 Å². The first kappa shape index (κ1) is 29.6. The van der Waals surface area contributed by atoms with Gasteiger partial charge in [0.25, 0.3) is 5.78 Å². The number of carbonyl (C=O) groups is 3. The van der Waals surface area contributed by atoms with Gasteiger partial charge in [-0.15, -0.1) is 0 Å². The number of anilines is 1. The molecule has 224 valence electrons. The van der Waals surface area contributed by atoms with E-state index < -0.39 is 29.5 Å². The van der Waals surface area contributed by atoms with E-state index in [9.17, 15) is 19.5 Å². The zero-order valence-electron chi connectivity index (χ0n) is 23.9. The molecule has 2 aliphatic heterocycles. The number of carbonyl (C=O) groups excluding carboxylic acids is 3. The van der Waals surface area contributed by atoms with Crippen molar-refractivity contribution in [2.24, 2.45) is 0 Å². The number of aliphatic hydroxyl groups is 1. The van der Waals surface area contributed by atoms with E-state index in [2.05, 4.69) is 11.6 Å². The number of ketones is 1. The van der Waals surface area contributed by atoms with Crippen LogP contribution in [0, 0.1) is 6.92 Å². The quantitative estimate of drug-likeness (QED) is 0.111. The van der Waals surface area contributed by atoms with Crippen LogP contribution in [0.4, 0.5) is 5.13 Å². The second-order valence-electron chi connectivity index (χ2n) is 9.40. The molecule has 12 heteroatoms. The van der Waals surface area contributed by atoms with E-state index in [0.29, 0.717) is 54.1 Å². The molecule has 2 aromatic carbocycles. The van der Waals surface area contributed by atoms with Gasteiger partial charge in [-0.25, -0.2) is 9.78 Å². The molecular formula is C31H30N2O9S. The zero-order valence-corrected chi connectivity index (χ0v) is 24.7. The molecule has 0 radical (unpaired) electrons. The van der Waals surface area contributed by atoms with E-state index in [1.54, 1.807) is 56.3 Å². The number of rotatable bonds is 10. The summed E-state index contributed by atoms with van der Waals surface area (Å²) in [6.45, 7) is 10.2. The molecule has 43 heavy (non-hydrogen) atoms. The van der Waals surface area contributed by atoms with Crippen LogP contribution in [-0.2, 0) is 14.3 Å². The van der Waals surface area contributed by atoms with Crippen molar-refractivity contribution in [3.63, 3.8) is 0 Å². The number of aliphatic hydroxyl groups excluding tert-OH is 1. The molecule has 5 rings (SSSR count). The van der Waals surface area contributed by atoms with Crippen LogP contribution >= 0.6 is 11.3 Å². The Balaban J connectivity index is 1.69. The maximum Gasteiger partial charge on any atom is 0.350 e. The van der Waals surface area contributed by atoms with E-state index in [1.807, 2.05) is 6.92 Å². The smallest absolute Gasteiger partial charge is 0.350 e. The highest BCUT2D eigenvalue weighted by molar-refractivity contribution is 7.17. The first-order chi connectivity index (χ1) is 20.8. The molecule has 1 atom stereocenters. The van der Waals surface area contributed by atoms with E-state index in [0.717, 1.165) is 11.3 Å². The lowest BCUT2D eigenvalue weighted by molar-refractivity contribution is -0.132. The predicted molar refractivity (Wildman–Crippen MR) is 158 cm³/mol. The third-order valence-electron chi connectivity index (χ3n) is 6.65. The Morgan fingerprint density at radius 1 is 1.09 bits per heavy atom. The molecular weight excluding hydrogens is 576 g/mol. The topological polar surface area (TPSA) is 134 Å². The Bertz CT molecular complexity index is 1630. The second kappa shape index (κ2) is 12.6. The molecule has 0 saturated carbocycles. The molecule has 1 saturated heterocycles. The fourth-order valence-corrected chi connectivity index (χ4v) is 5.78. The molecule has 0 unspecified atom stereocenters. The molecule has 0 aliphatic carbocycles. The SMILES string of the molecule is C=CCOc1ccc([C@@H]2/C(=C(\O)c3ccc4c(c3)OCCO4)C(=O)C(=O)N2c2nc(C)c(C(=O)OCC)s2)cc1OCC. The molecule has 1 fully saturated rings. The number of hydrogen-bond donors (Lipinski definition) is 1. The van der Waals surface area contributed by atoms with Gasteiger partial charge >= 0.3 is 11.9 Å². The lowest BCUT2D eigenvalue weighted by Gasteiger charge is -2.24. The summed E-state index contributed by atoms with van der Waals surface area (Å²) in [6, 6.07) is 8.62. The zero-order chi connectivity index (χ0) is 30.7. The van der Waals surface area contributed by atoms with Gasteiger partial charge in [0.15, 0.2) is 28.1 Å². The Morgan fingerprint density at radius 3 is 2.58 bits per heavy atom. The van der Waals surface area contributed by atoms with Crippen molar-refractivity contribution < 1.29 is 43.2 Å². The Labute approximate surface area is 251 Å². The van der Waals surface area contributed by atoms with Gasteiger partial charge < -0.3 is 28.8 Å². The highest BCUT2D eigenvalue weighted by Crippen LogP contribution is 2.46. The summed E-state index contributed by atoms with van der Waals surface area (Å²) >= 11 is 0.925. The Kier molecular flexibility index (Phi) is 8.67. The number of amides is 1. The summed E-state index contributed by atoms with van der Waals surface area (Å²) in [7, 11) is 0. The molecule has 0 bridgehead atoms. The molecule has 0 spiro atoms. The number of nitrogens with zero attached hydrogens (tertiary/aromatic N) is 2. The van der Waals surface area contributed by atoms with Gasteiger partial charge in [0.2, 0.25) is 0 Å².